The predicted molar refractivity (Wildman–Crippen MR) is 108 cm³/mol. The standard InChI is InChI=1S/C21H26N2O4S/c1-15-11-17(3)20(12-16(15)2)28(25,26)22-13-21(24)23-9-10-27-19(14-23)18-7-5-4-6-8-18/h4-8,11-12,19,22H,9-10,13-14H2,1-3H3. The number of hydrogen-bond donors (Lipinski definition) is 1. The van der Waals surface area contributed by atoms with Gasteiger partial charge in [0, 0.05) is 6.54 Å². The first-order valence-electron chi connectivity index (χ1n) is 9.30. The van der Waals surface area contributed by atoms with Crippen LogP contribution >= 0.6 is 0 Å². The molecule has 0 radical (unpaired) electrons. The molecule has 2 aromatic rings. The van der Waals surface area contributed by atoms with E-state index in [1.807, 2.05) is 50.2 Å². The van der Waals surface area contributed by atoms with Gasteiger partial charge in [0.2, 0.25) is 15.9 Å². The highest BCUT2D eigenvalue weighted by Crippen LogP contribution is 2.22. The van der Waals surface area contributed by atoms with E-state index in [1.54, 1.807) is 17.9 Å². The van der Waals surface area contributed by atoms with Crippen LogP contribution in [0.4, 0.5) is 0 Å². The summed E-state index contributed by atoms with van der Waals surface area (Å²) in [7, 11) is -3.76. The van der Waals surface area contributed by atoms with Crippen molar-refractivity contribution in [2.45, 2.75) is 31.8 Å². The highest BCUT2D eigenvalue weighted by molar-refractivity contribution is 7.89. The largest absolute Gasteiger partial charge is 0.370 e. The van der Waals surface area contributed by atoms with E-state index >= 15 is 0 Å². The first-order valence-corrected chi connectivity index (χ1v) is 10.8. The van der Waals surface area contributed by atoms with Crippen molar-refractivity contribution in [2.75, 3.05) is 26.2 Å². The highest BCUT2D eigenvalue weighted by Gasteiger charge is 2.26. The second-order valence-electron chi connectivity index (χ2n) is 7.14. The van der Waals surface area contributed by atoms with Gasteiger partial charge >= 0.3 is 0 Å². The Bertz CT molecular complexity index is 958. The van der Waals surface area contributed by atoms with E-state index in [-0.39, 0.29) is 23.5 Å². The molecule has 1 atom stereocenters. The van der Waals surface area contributed by atoms with E-state index in [2.05, 4.69) is 4.72 Å². The van der Waals surface area contributed by atoms with E-state index in [1.165, 1.54) is 0 Å². The second-order valence-corrected chi connectivity index (χ2v) is 8.87. The maximum absolute atomic E-state index is 12.7. The molecule has 0 spiro atoms. The number of carbonyl (C=O) groups is 1. The molecule has 150 valence electrons. The molecule has 7 heteroatoms. The molecule has 2 aromatic carbocycles. The van der Waals surface area contributed by atoms with Crippen LogP contribution in [-0.2, 0) is 19.6 Å². The molecule has 3 rings (SSSR count). The van der Waals surface area contributed by atoms with Gasteiger partial charge in [0.05, 0.1) is 24.6 Å². The van der Waals surface area contributed by atoms with Crippen LogP contribution in [0.2, 0.25) is 0 Å². The Hall–Kier alpha value is -2.22. The zero-order chi connectivity index (χ0) is 20.3. The molecule has 6 nitrogen and oxygen atoms in total. The Balaban J connectivity index is 1.65. The van der Waals surface area contributed by atoms with Crippen LogP contribution in [0.1, 0.15) is 28.4 Å². The SMILES string of the molecule is Cc1cc(C)c(S(=O)(=O)NCC(=O)N2CCOC(c3ccccc3)C2)cc1C. The summed E-state index contributed by atoms with van der Waals surface area (Å²) in [6, 6.07) is 13.2. The first kappa shape index (κ1) is 20.5. The van der Waals surface area contributed by atoms with Crippen LogP contribution in [-0.4, -0.2) is 45.5 Å². The van der Waals surface area contributed by atoms with Gasteiger partial charge in [0.1, 0.15) is 6.10 Å². The van der Waals surface area contributed by atoms with Crippen molar-refractivity contribution in [3.05, 3.63) is 64.7 Å². The lowest BCUT2D eigenvalue weighted by atomic mass is 10.1. The number of benzene rings is 2. The van der Waals surface area contributed by atoms with Crippen molar-refractivity contribution >= 4 is 15.9 Å². The summed E-state index contributed by atoms with van der Waals surface area (Å²) in [5.74, 6) is -0.255. The van der Waals surface area contributed by atoms with Gasteiger partial charge in [-0.1, -0.05) is 36.4 Å². The number of nitrogens with one attached hydrogen (secondary N) is 1. The average molecular weight is 403 g/mol. The maximum Gasteiger partial charge on any atom is 0.241 e. The number of carbonyl (C=O) groups excluding carboxylic acids is 1. The van der Waals surface area contributed by atoms with Crippen molar-refractivity contribution in [3.8, 4) is 0 Å². The zero-order valence-electron chi connectivity index (χ0n) is 16.4. The van der Waals surface area contributed by atoms with Crippen molar-refractivity contribution < 1.29 is 17.9 Å². The van der Waals surface area contributed by atoms with E-state index in [0.29, 0.717) is 25.3 Å². The summed E-state index contributed by atoms with van der Waals surface area (Å²) in [5, 5.41) is 0. The third-order valence-corrected chi connectivity index (χ3v) is 6.63. The average Bonchev–Trinajstić information content (AvgIpc) is 2.69. The molecule has 1 fully saturated rings. The molecule has 1 amide bonds. The van der Waals surface area contributed by atoms with Crippen molar-refractivity contribution in [2.24, 2.45) is 0 Å². The van der Waals surface area contributed by atoms with Crippen LogP contribution in [0.25, 0.3) is 0 Å². The number of nitrogens with zero attached hydrogens (tertiary/aromatic N) is 1. The summed E-state index contributed by atoms with van der Waals surface area (Å²) in [4.78, 5) is 14.5. The molecule has 1 aliphatic heterocycles. The fourth-order valence-electron chi connectivity index (χ4n) is 3.32. The number of morpholine rings is 1. The van der Waals surface area contributed by atoms with E-state index < -0.39 is 10.0 Å². The van der Waals surface area contributed by atoms with Crippen LogP contribution in [0.15, 0.2) is 47.4 Å². The molecule has 1 aliphatic rings. The highest BCUT2D eigenvalue weighted by atomic mass is 32.2. The zero-order valence-corrected chi connectivity index (χ0v) is 17.3. The molecule has 0 aliphatic carbocycles. The summed E-state index contributed by atoms with van der Waals surface area (Å²) in [5.41, 5.74) is 3.61. The molecule has 1 N–H and O–H groups in total. The summed E-state index contributed by atoms with van der Waals surface area (Å²) < 4.78 is 33.6. The van der Waals surface area contributed by atoms with Crippen molar-refractivity contribution in [1.82, 2.24) is 9.62 Å². The van der Waals surface area contributed by atoms with Gasteiger partial charge in [-0.2, -0.15) is 0 Å². The molecular formula is C21H26N2O4S. The molecule has 0 saturated carbocycles. The third kappa shape index (κ3) is 4.60. The molecule has 1 unspecified atom stereocenters. The quantitative estimate of drug-likeness (QED) is 0.834. The van der Waals surface area contributed by atoms with E-state index in [9.17, 15) is 13.2 Å². The lowest BCUT2D eigenvalue weighted by molar-refractivity contribution is -0.137. The summed E-state index contributed by atoms with van der Waals surface area (Å²) in [6.45, 7) is 6.59. The topological polar surface area (TPSA) is 75.7 Å². The number of hydrogen-bond acceptors (Lipinski definition) is 4. The third-order valence-electron chi connectivity index (χ3n) is 5.08. The number of aryl methyl sites for hydroxylation is 3. The maximum atomic E-state index is 12.7. The van der Waals surface area contributed by atoms with Gasteiger partial charge < -0.3 is 9.64 Å². The normalized spacial score (nSPS) is 17.5. The Morgan fingerprint density at radius 3 is 2.50 bits per heavy atom. The number of rotatable bonds is 5. The lowest BCUT2D eigenvalue weighted by Gasteiger charge is -2.33. The van der Waals surface area contributed by atoms with Gasteiger partial charge in [-0.25, -0.2) is 13.1 Å². The van der Waals surface area contributed by atoms with E-state index in [4.69, 9.17) is 4.74 Å². The minimum atomic E-state index is -3.76. The fourth-order valence-corrected chi connectivity index (χ4v) is 4.60. The minimum Gasteiger partial charge on any atom is -0.370 e. The van der Waals surface area contributed by atoms with Crippen LogP contribution in [0.5, 0.6) is 0 Å². The number of ether oxygens (including phenoxy) is 1. The van der Waals surface area contributed by atoms with Crippen molar-refractivity contribution in [1.29, 1.82) is 0 Å². The molecule has 0 aromatic heterocycles. The second kappa shape index (κ2) is 8.43. The Morgan fingerprint density at radius 2 is 1.79 bits per heavy atom. The molecule has 0 bridgehead atoms. The van der Waals surface area contributed by atoms with Gasteiger partial charge in [-0.15, -0.1) is 0 Å². The van der Waals surface area contributed by atoms with Gasteiger partial charge in [-0.05, 0) is 49.1 Å². The molecule has 1 saturated heterocycles. The van der Waals surface area contributed by atoms with E-state index in [0.717, 1.165) is 16.7 Å². The number of amides is 1. The lowest BCUT2D eigenvalue weighted by Crippen LogP contribution is -2.46. The summed E-state index contributed by atoms with van der Waals surface area (Å²) in [6.07, 6.45) is -0.197. The van der Waals surface area contributed by atoms with Crippen molar-refractivity contribution in [3.63, 3.8) is 0 Å². The van der Waals surface area contributed by atoms with Crippen LogP contribution in [0, 0.1) is 20.8 Å². The monoisotopic (exact) mass is 402 g/mol. The van der Waals surface area contributed by atoms with Gasteiger partial charge in [0.15, 0.2) is 0 Å². The van der Waals surface area contributed by atoms with Gasteiger partial charge in [0.25, 0.3) is 0 Å². The molecule has 28 heavy (non-hydrogen) atoms. The van der Waals surface area contributed by atoms with Gasteiger partial charge in [-0.3, -0.25) is 4.79 Å². The van der Waals surface area contributed by atoms with Crippen LogP contribution in [0.3, 0.4) is 0 Å². The number of sulfonamides is 1. The molecular weight excluding hydrogens is 376 g/mol. The minimum absolute atomic E-state index is 0.197. The Morgan fingerprint density at radius 1 is 1.11 bits per heavy atom. The Labute approximate surface area is 166 Å². The first-order chi connectivity index (χ1) is 13.3. The fraction of sp³-hybridized carbons (Fsp3) is 0.381. The predicted octanol–water partition coefficient (Wildman–Crippen LogP) is 2.49. The molecule has 1 heterocycles. The smallest absolute Gasteiger partial charge is 0.241 e. The Kier molecular flexibility index (Phi) is 6.17. The summed E-state index contributed by atoms with van der Waals surface area (Å²) >= 11 is 0. The van der Waals surface area contributed by atoms with Crippen LogP contribution < -0.4 is 4.72 Å².